The fourth-order valence-corrected chi connectivity index (χ4v) is 3.13. The lowest BCUT2D eigenvalue weighted by Gasteiger charge is -2.23. The molecule has 0 bridgehead atoms. The number of sulfonamides is 1. The van der Waals surface area contributed by atoms with E-state index in [0.717, 1.165) is 28.8 Å². The summed E-state index contributed by atoms with van der Waals surface area (Å²) < 4.78 is 68.2. The number of halogens is 3. The maximum absolute atomic E-state index is 12.8. The van der Waals surface area contributed by atoms with Gasteiger partial charge < -0.3 is 9.73 Å². The maximum atomic E-state index is 12.8. The molecule has 0 saturated heterocycles. The van der Waals surface area contributed by atoms with Crippen LogP contribution in [0.1, 0.15) is 17.7 Å². The molecule has 0 radical (unpaired) electrons. The van der Waals surface area contributed by atoms with Gasteiger partial charge in [0.15, 0.2) is 0 Å². The molecular weight excluding hydrogens is 373 g/mol. The molecule has 0 spiro atoms. The van der Waals surface area contributed by atoms with Crippen molar-refractivity contribution in [3.63, 3.8) is 0 Å². The third kappa shape index (κ3) is 5.51. The number of hydrogen-bond donors (Lipinski definition) is 1. The van der Waals surface area contributed by atoms with Gasteiger partial charge in [-0.1, -0.05) is 6.07 Å². The lowest BCUT2D eigenvalue weighted by atomic mass is 10.2. The molecule has 1 aromatic heterocycles. The Balaban J connectivity index is 2.08. The second kappa shape index (κ2) is 7.81. The molecule has 0 saturated carbocycles. The van der Waals surface area contributed by atoms with Crippen molar-refractivity contribution < 1.29 is 30.8 Å². The van der Waals surface area contributed by atoms with Crippen LogP contribution in [0.15, 0.2) is 47.1 Å². The Hall–Kier alpha value is -2.49. The summed E-state index contributed by atoms with van der Waals surface area (Å²) in [6.07, 6.45) is -2.50. The van der Waals surface area contributed by atoms with Crippen LogP contribution in [0.25, 0.3) is 0 Å². The molecule has 0 aliphatic rings. The summed E-state index contributed by atoms with van der Waals surface area (Å²) in [5.74, 6) is 0.0678. The average Bonchev–Trinajstić information content (AvgIpc) is 3.05. The number of rotatable bonds is 7. The number of carbonyl (C=O) groups is 1. The van der Waals surface area contributed by atoms with Crippen LogP contribution >= 0.6 is 0 Å². The summed E-state index contributed by atoms with van der Waals surface area (Å²) in [7, 11) is -3.87. The first-order valence-corrected chi connectivity index (χ1v) is 9.36. The van der Waals surface area contributed by atoms with Crippen LogP contribution in [0.5, 0.6) is 0 Å². The molecule has 6 nitrogen and oxygen atoms in total. The zero-order valence-corrected chi connectivity index (χ0v) is 14.6. The lowest BCUT2D eigenvalue weighted by molar-refractivity contribution is -0.137. The number of hydrogen-bond acceptors (Lipinski definition) is 4. The molecule has 10 heteroatoms. The monoisotopic (exact) mass is 390 g/mol. The van der Waals surface area contributed by atoms with Crippen LogP contribution < -0.4 is 9.62 Å². The standard InChI is InChI=1S/C16H17F3N2O4S/c1-26(23,24)21(13-5-2-4-12(10-13)16(17,18)19)8-7-15(22)20-11-14-6-3-9-25-14/h2-6,9-10H,7-8,11H2,1H3,(H,20,22). The zero-order valence-electron chi connectivity index (χ0n) is 13.8. The van der Waals surface area contributed by atoms with E-state index in [0.29, 0.717) is 5.76 Å². The number of amides is 1. The van der Waals surface area contributed by atoms with Gasteiger partial charge in [0.2, 0.25) is 15.9 Å². The minimum atomic E-state index is -4.60. The Bertz CT molecular complexity index is 849. The van der Waals surface area contributed by atoms with Gasteiger partial charge >= 0.3 is 6.18 Å². The van der Waals surface area contributed by atoms with E-state index < -0.39 is 27.7 Å². The highest BCUT2D eigenvalue weighted by atomic mass is 32.2. The van der Waals surface area contributed by atoms with Gasteiger partial charge in [-0.2, -0.15) is 13.2 Å². The van der Waals surface area contributed by atoms with Gasteiger partial charge in [0.05, 0.1) is 30.3 Å². The van der Waals surface area contributed by atoms with Gasteiger partial charge in [0, 0.05) is 13.0 Å². The fraction of sp³-hybridized carbons (Fsp3) is 0.312. The van der Waals surface area contributed by atoms with Crippen molar-refractivity contribution in [2.75, 3.05) is 17.1 Å². The van der Waals surface area contributed by atoms with Crippen LogP contribution in [0.2, 0.25) is 0 Å². The van der Waals surface area contributed by atoms with Crippen LogP contribution in [-0.2, 0) is 27.5 Å². The molecular formula is C16H17F3N2O4S. The highest BCUT2D eigenvalue weighted by Crippen LogP contribution is 2.32. The van der Waals surface area contributed by atoms with Crippen LogP contribution in [-0.4, -0.2) is 27.1 Å². The summed E-state index contributed by atoms with van der Waals surface area (Å²) in [4.78, 5) is 11.9. The maximum Gasteiger partial charge on any atom is 0.416 e. The van der Waals surface area contributed by atoms with E-state index >= 15 is 0 Å². The molecule has 0 atom stereocenters. The minimum absolute atomic E-state index is 0.133. The molecule has 26 heavy (non-hydrogen) atoms. The van der Waals surface area contributed by atoms with Crippen LogP contribution in [0.3, 0.4) is 0 Å². The number of alkyl halides is 3. The van der Waals surface area contributed by atoms with E-state index in [2.05, 4.69) is 5.32 Å². The Labute approximate surface area is 148 Å². The van der Waals surface area contributed by atoms with Gasteiger partial charge in [-0.05, 0) is 30.3 Å². The van der Waals surface area contributed by atoms with E-state index in [1.165, 1.54) is 12.3 Å². The molecule has 0 unspecified atom stereocenters. The van der Waals surface area contributed by atoms with Gasteiger partial charge in [-0.15, -0.1) is 0 Å². The molecule has 1 N–H and O–H groups in total. The van der Waals surface area contributed by atoms with E-state index in [4.69, 9.17) is 4.42 Å². The number of nitrogens with zero attached hydrogens (tertiary/aromatic N) is 1. The summed E-state index contributed by atoms with van der Waals surface area (Å²) in [6, 6.07) is 7.26. The summed E-state index contributed by atoms with van der Waals surface area (Å²) in [6.45, 7) is -0.154. The zero-order chi connectivity index (χ0) is 19.4. The third-order valence-corrected chi connectivity index (χ3v) is 4.64. The van der Waals surface area contributed by atoms with Gasteiger partial charge in [-0.3, -0.25) is 9.10 Å². The van der Waals surface area contributed by atoms with Gasteiger partial charge in [0.1, 0.15) is 5.76 Å². The van der Waals surface area contributed by atoms with Crippen LogP contribution in [0, 0.1) is 0 Å². The Kier molecular flexibility index (Phi) is 5.96. The molecule has 2 rings (SSSR count). The first-order valence-electron chi connectivity index (χ1n) is 7.51. The molecule has 0 fully saturated rings. The molecule has 0 aliphatic heterocycles. The van der Waals surface area contributed by atoms with Gasteiger partial charge in [-0.25, -0.2) is 8.42 Å². The second-order valence-corrected chi connectivity index (χ2v) is 7.40. The topological polar surface area (TPSA) is 79.6 Å². The number of anilines is 1. The van der Waals surface area contributed by atoms with Crippen LogP contribution in [0.4, 0.5) is 18.9 Å². The molecule has 1 amide bonds. The summed E-state index contributed by atoms with van der Waals surface area (Å²) >= 11 is 0. The molecule has 1 aromatic carbocycles. The normalized spacial score (nSPS) is 12.0. The van der Waals surface area contributed by atoms with E-state index in [-0.39, 0.29) is 25.2 Å². The largest absolute Gasteiger partial charge is 0.467 e. The van der Waals surface area contributed by atoms with Crippen molar-refractivity contribution >= 4 is 21.6 Å². The minimum Gasteiger partial charge on any atom is -0.467 e. The second-order valence-electron chi connectivity index (χ2n) is 5.49. The number of carbonyl (C=O) groups excluding carboxylic acids is 1. The highest BCUT2D eigenvalue weighted by molar-refractivity contribution is 7.92. The summed E-state index contributed by atoms with van der Waals surface area (Å²) in [5.41, 5.74) is -1.12. The van der Waals surface area contributed by atoms with E-state index in [1.54, 1.807) is 12.1 Å². The van der Waals surface area contributed by atoms with E-state index in [9.17, 15) is 26.4 Å². The molecule has 1 heterocycles. The SMILES string of the molecule is CS(=O)(=O)N(CCC(=O)NCc1ccco1)c1cccc(C(F)(F)F)c1. The summed E-state index contributed by atoms with van der Waals surface area (Å²) in [5, 5.41) is 2.54. The Morgan fingerprint density at radius 1 is 1.23 bits per heavy atom. The smallest absolute Gasteiger partial charge is 0.416 e. The van der Waals surface area contributed by atoms with Gasteiger partial charge in [0.25, 0.3) is 0 Å². The lowest BCUT2D eigenvalue weighted by Crippen LogP contribution is -2.34. The van der Waals surface area contributed by atoms with Crippen molar-refractivity contribution in [3.05, 3.63) is 54.0 Å². The number of nitrogens with one attached hydrogen (secondary N) is 1. The average molecular weight is 390 g/mol. The molecule has 142 valence electrons. The number of furan rings is 1. The molecule has 2 aromatic rings. The van der Waals surface area contributed by atoms with Crippen molar-refractivity contribution in [2.45, 2.75) is 19.1 Å². The highest BCUT2D eigenvalue weighted by Gasteiger charge is 2.31. The van der Waals surface area contributed by atoms with Crippen molar-refractivity contribution in [2.24, 2.45) is 0 Å². The Morgan fingerprint density at radius 3 is 2.54 bits per heavy atom. The van der Waals surface area contributed by atoms with Crippen molar-refractivity contribution in [1.82, 2.24) is 5.32 Å². The quantitative estimate of drug-likeness (QED) is 0.789. The number of benzene rings is 1. The van der Waals surface area contributed by atoms with Crippen molar-refractivity contribution in [3.8, 4) is 0 Å². The van der Waals surface area contributed by atoms with Crippen molar-refractivity contribution in [1.29, 1.82) is 0 Å². The predicted molar refractivity (Wildman–Crippen MR) is 88.8 cm³/mol. The fourth-order valence-electron chi connectivity index (χ4n) is 2.21. The first kappa shape index (κ1) is 19.8. The molecule has 0 aliphatic carbocycles. The first-order chi connectivity index (χ1) is 12.1. The van der Waals surface area contributed by atoms with E-state index in [1.807, 2.05) is 0 Å². The Morgan fingerprint density at radius 2 is 1.96 bits per heavy atom. The third-order valence-electron chi connectivity index (χ3n) is 3.44. The predicted octanol–water partition coefficient (Wildman–Crippen LogP) is 2.77.